The van der Waals surface area contributed by atoms with Crippen molar-refractivity contribution in [1.29, 1.82) is 0 Å². The highest BCUT2D eigenvalue weighted by atomic mass is 32.2. The SMILES string of the molecule is C/C=C1/CC[C@H]2[C@H]3O[S@](=O)O[C@H]3CC[C@]12C. The van der Waals surface area contributed by atoms with Crippen molar-refractivity contribution < 1.29 is 12.6 Å². The Hall–Kier alpha value is -0.190. The highest BCUT2D eigenvalue weighted by Crippen LogP contribution is 2.57. The Balaban J connectivity index is 1.93. The number of allylic oxidation sites excluding steroid dienone is 2. The normalized spacial score (nSPS) is 54.0. The number of hydrogen-bond donors (Lipinski definition) is 0. The Morgan fingerprint density at radius 2 is 2.25 bits per heavy atom. The Labute approximate surface area is 99.1 Å². The van der Waals surface area contributed by atoms with Gasteiger partial charge in [0.25, 0.3) is 0 Å². The zero-order chi connectivity index (χ0) is 11.3. The van der Waals surface area contributed by atoms with Crippen molar-refractivity contribution in [2.75, 3.05) is 0 Å². The molecule has 0 N–H and O–H groups in total. The van der Waals surface area contributed by atoms with Gasteiger partial charge in [-0.05, 0) is 43.9 Å². The van der Waals surface area contributed by atoms with E-state index in [-0.39, 0.29) is 17.6 Å². The van der Waals surface area contributed by atoms with Gasteiger partial charge in [-0.2, -0.15) is 4.21 Å². The third-order valence-corrected chi connectivity index (χ3v) is 5.51. The summed E-state index contributed by atoms with van der Waals surface area (Å²) in [5, 5.41) is 0. The average molecular weight is 242 g/mol. The fourth-order valence-corrected chi connectivity index (χ4v) is 4.70. The van der Waals surface area contributed by atoms with Gasteiger partial charge in [0.05, 0.1) is 0 Å². The maximum atomic E-state index is 11.3. The molecule has 4 heteroatoms. The summed E-state index contributed by atoms with van der Waals surface area (Å²) in [7, 11) is 0. The number of hydrogen-bond acceptors (Lipinski definition) is 3. The van der Waals surface area contributed by atoms with Crippen molar-refractivity contribution in [2.24, 2.45) is 11.3 Å². The van der Waals surface area contributed by atoms with E-state index in [4.69, 9.17) is 8.37 Å². The maximum Gasteiger partial charge on any atom is 0.305 e. The van der Waals surface area contributed by atoms with Crippen LogP contribution in [0, 0.1) is 11.3 Å². The molecule has 16 heavy (non-hydrogen) atoms. The van der Waals surface area contributed by atoms with E-state index < -0.39 is 11.4 Å². The second-order valence-corrected chi connectivity index (χ2v) is 6.11. The lowest BCUT2D eigenvalue weighted by atomic mass is 9.65. The smallest absolute Gasteiger partial charge is 0.262 e. The van der Waals surface area contributed by atoms with Crippen LogP contribution in [0.15, 0.2) is 11.6 Å². The first-order valence-corrected chi connectivity index (χ1v) is 7.07. The molecule has 0 aromatic carbocycles. The second kappa shape index (κ2) is 3.65. The second-order valence-electron chi connectivity index (χ2n) is 5.31. The van der Waals surface area contributed by atoms with Crippen LogP contribution in [0.4, 0.5) is 0 Å². The van der Waals surface area contributed by atoms with Gasteiger partial charge in [-0.3, -0.25) is 8.37 Å². The van der Waals surface area contributed by atoms with Crippen LogP contribution in [0.5, 0.6) is 0 Å². The summed E-state index contributed by atoms with van der Waals surface area (Å²) in [5.41, 5.74) is 1.81. The van der Waals surface area contributed by atoms with E-state index in [1.165, 1.54) is 0 Å². The zero-order valence-corrected chi connectivity index (χ0v) is 10.6. The lowest BCUT2D eigenvalue weighted by Gasteiger charge is -2.41. The molecule has 90 valence electrons. The van der Waals surface area contributed by atoms with Crippen LogP contribution in [0.25, 0.3) is 0 Å². The van der Waals surface area contributed by atoms with Crippen molar-refractivity contribution >= 4 is 11.4 Å². The minimum Gasteiger partial charge on any atom is -0.262 e. The third-order valence-electron chi connectivity index (χ3n) is 4.73. The molecule has 0 radical (unpaired) electrons. The summed E-state index contributed by atoms with van der Waals surface area (Å²) in [6.07, 6.45) is 6.80. The molecule has 3 nitrogen and oxygen atoms in total. The summed E-state index contributed by atoms with van der Waals surface area (Å²) < 4.78 is 22.1. The molecule has 0 bridgehead atoms. The molecule has 3 rings (SSSR count). The first-order chi connectivity index (χ1) is 7.65. The summed E-state index contributed by atoms with van der Waals surface area (Å²) in [6.45, 7) is 4.46. The predicted molar refractivity (Wildman–Crippen MR) is 61.7 cm³/mol. The van der Waals surface area contributed by atoms with Crippen molar-refractivity contribution in [3.8, 4) is 0 Å². The molecule has 3 aliphatic rings. The minimum absolute atomic E-state index is 0.0528. The van der Waals surface area contributed by atoms with Gasteiger partial charge >= 0.3 is 11.4 Å². The highest BCUT2D eigenvalue weighted by Gasteiger charge is 2.55. The molecule has 0 aromatic rings. The van der Waals surface area contributed by atoms with Gasteiger partial charge in [-0.15, -0.1) is 0 Å². The van der Waals surface area contributed by atoms with Gasteiger partial charge < -0.3 is 0 Å². The van der Waals surface area contributed by atoms with Gasteiger partial charge in [0.2, 0.25) is 0 Å². The fourth-order valence-electron chi connectivity index (χ4n) is 3.81. The lowest BCUT2D eigenvalue weighted by Crippen LogP contribution is -2.44. The van der Waals surface area contributed by atoms with Crippen LogP contribution in [-0.4, -0.2) is 16.4 Å². The number of rotatable bonds is 0. The first kappa shape index (κ1) is 10.9. The first-order valence-electron chi connectivity index (χ1n) is 6.07. The van der Waals surface area contributed by atoms with Gasteiger partial charge in [0.15, 0.2) is 0 Å². The Morgan fingerprint density at radius 3 is 3.00 bits per heavy atom. The maximum absolute atomic E-state index is 11.3. The fraction of sp³-hybridized carbons (Fsp3) is 0.833. The molecule has 2 saturated carbocycles. The van der Waals surface area contributed by atoms with Crippen LogP contribution in [0.2, 0.25) is 0 Å². The third kappa shape index (κ3) is 1.36. The van der Waals surface area contributed by atoms with Crippen molar-refractivity contribution in [3.05, 3.63) is 11.6 Å². The van der Waals surface area contributed by atoms with Crippen molar-refractivity contribution in [2.45, 2.75) is 51.7 Å². The van der Waals surface area contributed by atoms with Gasteiger partial charge in [-0.25, -0.2) is 0 Å². The van der Waals surface area contributed by atoms with Crippen LogP contribution < -0.4 is 0 Å². The molecule has 0 spiro atoms. The molecule has 0 amide bonds. The van der Waals surface area contributed by atoms with Crippen LogP contribution >= 0.6 is 0 Å². The number of fused-ring (bicyclic) bond motifs is 3. The Bertz CT molecular complexity index is 365. The van der Waals surface area contributed by atoms with Crippen LogP contribution in [0.3, 0.4) is 0 Å². The quantitative estimate of drug-likeness (QED) is 0.612. The zero-order valence-electron chi connectivity index (χ0n) is 9.77. The highest BCUT2D eigenvalue weighted by molar-refractivity contribution is 7.75. The molecule has 5 atom stereocenters. The molecular formula is C12H18O3S. The van der Waals surface area contributed by atoms with E-state index in [0.29, 0.717) is 5.92 Å². The summed E-state index contributed by atoms with van der Waals surface area (Å²) in [6, 6.07) is 0. The van der Waals surface area contributed by atoms with Crippen molar-refractivity contribution in [1.82, 2.24) is 0 Å². The monoisotopic (exact) mass is 242 g/mol. The van der Waals surface area contributed by atoms with Crippen molar-refractivity contribution in [3.63, 3.8) is 0 Å². The van der Waals surface area contributed by atoms with E-state index in [1.807, 2.05) is 0 Å². The largest absolute Gasteiger partial charge is 0.305 e. The minimum atomic E-state index is -1.50. The molecule has 1 saturated heterocycles. The van der Waals surface area contributed by atoms with Crippen LogP contribution in [0.1, 0.15) is 39.5 Å². The lowest BCUT2D eigenvalue weighted by molar-refractivity contribution is 0.00379. The van der Waals surface area contributed by atoms with E-state index in [0.717, 1.165) is 25.7 Å². The summed E-state index contributed by atoms with van der Waals surface area (Å²) in [5.74, 6) is 0.490. The summed E-state index contributed by atoms with van der Waals surface area (Å²) in [4.78, 5) is 0. The molecule has 1 heterocycles. The predicted octanol–water partition coefficient (Wildman–Crippen LogP) is 2.51. The average Bonchev–Trinajstić information content (AvgIpc) is 2.76. The topological polar surface area (TPSA) is 35.5 Å². The van der Waals surface area contributed by atoms with E-state index in [9.17, 15) is 4.21 Å². The molecular weight excluding hydrogens is 224 g/mol. The molecule has 0 unspecified atom stereocenters. The van der Waals surface area contributed by atoms with E-state index in [1.54, 1.807) is 5.57 Å². The Kier molecular flexibility index (Phi) is 2.50. The molecule has 1 aliphatic heterocycles. The van der Waals surface area contributed by atoms with Crippen LogP contribution in [-0.2, 0) is 19.7 Å². The molecule has 2 aliphatic carbocycles. The standard InChI is InChI=1S/C12H18O3S/c1-3-8-4-5-9-11-10(14-16(13)15-11)6-7-12(8,9)2/h3,9-11H,4-7H2,1-2H3/b8-3-/t9-,10-,11+,12+,16+/m0/s1. The molecule has 3 fully saturated rings. The van der Waals surface area contributed by atoms with Gasteiger partial charge in [-0.1, -0.05) is 18.6 Å². The van der Waals surface area contributed by atoms with E-state index in [2.05, 4.69) is 19.9 Å². The van der Waals surface area contributed by atoms with E-state index >= 15 is 0 Å². The van der Waals surface area contributed by atoms with Gasteiger partial charge in [0, 0.05) is 0 Å². The van der Waals surface area contributed by atoms with Gasteiger partial charge in [0.1, 0.15) is 12.2 Å². The summed E-state index contributed by atoms with van der Waals surface area (Å²) >= 11 is -1.50. The Morgan fingerprint density at radius 1 is 1.44 bits per heavy atom. The molecule has 0 aromatic heterocycles.